The Balaban J connectivity index is 2.15. The number of benzene rings is 2. The number of nitro groups is 1. The number of ether oxygens (including phenoxy) is 2. The van der Waals surface area contributed by atoms with Gasteiger partial charge in [-0.2, -0.15) is 9.78 Å². The standard InChI is InChI=1S/C20H16Br2N4O6/c1-10(20(28)31-3)32-18-12(6-14(22)8-17(18)26(29)30)9-23-25-11(2)24-16-5-4-13(21)7-15(16)19(25)27/h4-10H,1-3H3/t10-/m1/s1. The van der Waals surface area contributed by atoms with Crippen LogP contribution < -0.4 is 10.3 Å². The molecule has 1 heterocycles. The van der Waals surface area contributed by atoms with Crippen molar-refractivity contribution in [2.24, 2.45) is 5.10 Å². The van der Waals surface area contributed by atoms with Crippen LogP contribution >= 0.6 is 31.9 Å². The van der Waals surface area contributed by atoms with E-state index in [0.717, 1.165) is 4.68 Å². The molecular weight excluding hydrogens is 552 g/mol. The summed E-state index contributed by atoms with van der Waals surface area (Å²) >= 11 is 6.55. The molecule has 10 nitrogen and oxygen atoms in total. The highest BCUT2D eigenvalue weighted by molar-refractivity contribution is 9.10. The van der Waals surface area contributed by atoms with E-state index in [-0.39, 0.29) is 17.0 Å². The van der Waals surface area contributed by atoms with Gasteiger partial charge in [-0.05, 0) is 38.1 Å². The van der Waals surface area contributed by atoms with Crippen LogP contribution in [-0.2, 0) is 9.53 Å². The molecule has 0 amide bonds. The van der Waals surface area contributed by atoms with Gasteiger partial charge in [0.05, 0.1) is 29.2 Å². The fraction of sp³-hybridized carbons (Fsp3) is 0.200. The van der Waals surface area contributed by atoms with E-state index in [9.17, 15) is 19.7 Å². The SMILES string of the molecule is COC(=O)[C@@H](C)Oc1c(C=Nn2c(C)nc3ccc(Br)cc3c2=O)cc(Br)cc1[N+](=O)[O-]. The van der Waals surface area contributed by atoms with Crippen LogP contribution in [0.2, 0.25) is 0 Å². The molecule has 0 saturated carbocycles. The van der Waals surface area contributed by atoms with E-state index in [1.165, 1.54) is 32.4 Å². The Morgan fingerprint density at radius 1 is 1.28 bits per heavy atom. The number of aryl methyl sites for hydroxylation is 1. The van der Waals surface area contributed by atoms with E-state index in [1.54, 1.807) is 25.1 Å². The lowest BCUT2D eigenvalue weighted by atomic mass is 10.2. The summed E-state index contributed by atoms with van der Waals surface area (Å²) in [6.45, 7) is 3.01. The maximum atomic E-state index is 12.9. The van der Waals surface area contributed by atoms with Gasteiger partial charge in [0.1, 0.15) is 5.82 Å². The fourth-order valence-electron chi connectivity index (χ4n) is 2.87. The zero-order valence-corrected chi connectivity index (χ0v) is 20.2. The molecule has 0 unspecified atom stereocenters. The van der Waals surface area contributed by atoms with Crippen molar-refractivity contribution in [3.63, 3.8) is 0 Å². The number of methoxy groups -OCH3 is 1. The Bertz CT molecular complexity index is 1320. The second kappa shape index (κ2) is 9.57. The maximum absolute atomic E-state index is 12.9. The predicted octanol–water partition coefficient (Wildman–Crippen LogP) is 3.96. The van der Waals surface area contributed by atoms with E-state index >= 15 is 0 Å². The topological polar surface area (TPSA) is 126 Å². The summed E-state index contributed by atoms with van der Waals surface area (Å²) in [7, 11) is 1.18. The third-order valence-corrected chi connectivity index (χ3v) is 5.32. The van der Waals surface area contributed by atoms with Gasteiger partial charge in [-0.15, -0.1) is 0 Å². The van der Waals surface area contributed by atoms with Crippen LogP contribution in [0, 0.1) is 17.0 Å². The molecule has 166 valence electrons. The van der Waals surface area contributed by atoms with Crippen molar-refractivity contribution < 1.29 is 19.2 Å². The first-order valence-corrected chi connectivity index (χ1v) is 10.7. The lowest BCUT2D eigenvalue weighted by Crippen LogP contribution is -2.26. The van der Waals surface area contributed by atoms with Gasteiger partial charge in [0.2, 0.25) is 5.75 Å². The van der Waals surface area contributed by atoms with Crippen molar-refractivity contribution in [3.8, 4) is 5.75 Å². The number of aromatic nitrogens is 2. The molecule has 0 fully saturated rings. The van der Waals surface area contributed by atoms with Crippen LogP contribution in [0.4, 0.5) is 5.69 Å². The van der Waals surface area contributed by atoms with Crippen LogP contribution in [-0.4, -0.2) is 40.0 Å². The third kappa shape index (κ3) is 4.86. The Hall–Kier alpha value is -3.12. The molecule has 12 heteroatoms. The molecule has 1 aromatic heterocycles. The molecular formula is C20H16Br2N4O6. The summed E-state index contributed by atoms with van der Waals surface area (Å²) in [5.74, 6) is -0.584. The van der Waals surface area contributed by atoms with Crippen LogP contribution in [0.1, 0.15) is 18.3 Å². The number of carbonyl (C=O) groups excluding carboxylic acids is 1. The highest BCUT2D eigenvalue weighted by Gasteiger charge is 2.25. The van der Waals surface area contributed by atoms with Gasteiger partial charge in [0.15, 0.2) is 6.10 Å². The molecule has 0 saturated heterocycles. The summed E-state index contributed by atoms with van der Waals surface area (Å²) in [6, 6.07) is 7.87. The van der Waals surface area contributed by atoms with Crippen LogP contribution in [0.3, 0.4) is 0 Å². The lowest BCUT2D eigenvalue weighted by Gasteiger charge is -2.15. The molecule has 3 aromatic rings. The van der Waals surface area contributed by atoms with Gasteiger partial charge < -0.3 is 9.47 Å². The zero-order valence-electron chi connectivity index (χ0n) is 17.0. The minimum Gasteiger partial charge on any atom is -0.471 e. The molecule has 32 heavy (non-hydrogen) atoms. The minimum absolute atomic E-state index is 0.169. The Labute approximate surface area is 198 Å². The molecule has 0 spiro atoms. The smallest absolute Gasteiger partial charge is 0.346 e. The number of rotatable bonds is 6. The fourth-order valence-corrected chi connectivity index (χ4v) is 3.69. The maximum Gasteiger partial charge on any atom is 0.346 e. The van der Waals surface area contributed by atoms with Gasteiger partial charge in [-0.3, -0.25) is 14.9 Å². The molecule has 0 aliphatic rings. The average molecular weight is 568 g/mol. The van der Waals surface area contributed by atoms with Crippen molar-refractivity contribution in [1.82, 2.24) is 9.66 Å². The number of nitro benzene ring substituents is 1. The number of fused-ring (bicyclic) bond motifs is 1. The van der Waals surface area contributed by atoms with E-state index in [4.69, 9.17) is 4.74 Å². The van der Waals surface area contributed by atoms with Gasteiger partial charge in [0.25, 0.3) is 5.56 Å². The molecule has 0 aliphatic heterocycles. The monoisotopic (exact) mass is 566 g/mol. The largest absolute Gasteiger partial charge is 0.471 e. The zero-order chi connectivity index (χ0) is 23.6. The van der Waals surface area contributed by atoms with E-state index in [1.807, 2.05) is 0 Å². The number of nitrogens with zero attached hydrogens (tertiary/aromatic N) is 4. The summed E-state index contributed by atoms with van der Waals surface area (Å²) in [6.07, 6.45) is 0.118. The normalized spacial score (nSPS) is 12.2. The van der Waals surface area contributed by atoms with Crippen molar-refractivity contribution in [1.29, 1.82) is 0 Å². The Morgan fingerprint density at radius 3 is 2.66 bits per heavy atom. The average Bonchev–Trinajstić information content (AvgIpc) is 2.74. The molecule has 0 N–H and O–H groups in total. The van der Waals surface area contributed by atoms with Crippen molar-refractivity contribution in [3.05, 3.63) is 71.1 Å². The first-order valence-electron chi connectivity index (χ1n) is 9.08. The number of halogens is 2. The van der Waals surface area contributed by atoms with E-state index in [0.29, 0.717) is 25.7 Å². The molecule has 3 rings (SSSR count). The highest BCUT2D eigenvalue weighted by Crippen LogP contribution is 2.34. The molecule has 0 radical (unpaired) electrons. The van der Waals surface area contributed by atoms with Gasteiger partial charge in [-0.25, -0.2) is 9.78 Å². The summed E-state index contributed by atoms with van der Waals surface area (Å²) in [5, 5.41) is 16.1. The lowest BCUT2D eigenvalue weighted by molar-refractivity contribution is -0.386. The van der Waals surface area contributed by atoms with Crippen molar-refractivity contribution >= 4 is 60.6 Å². The van der Waals surface area contributed by atoms with Crippen LogP contribution in [0.5, 0.6) is 5.75 Å². The molecule has 0 aliphatic carbocycles. The van der Waals surface area contributed by atoms with E-state index < -0.39 is 22.6 Å². The van der Waals surface area contributed by atoms with Gasteiger partial charge >= 0.3 is 11.7 Å². The Kier molecular flexibility index (Phi) is 7.04. The number of hydrogen-bond donors (Lipinski definition) is 0. The molecule has 2 aromatic carbocycles. The van der Waals surface area contributed by atoms with Crippen molar-refractivity contribution in [2.45, 2.75) is 20.0 Å². The minimum atomic E-state index is -1.11. The number of hydrogen-bond acceptors (Lipinski definition) is 8. The number of carbonyl (C=O) groups is 1. The number of esters is 1. The highest BCUT2D eigenvalue weighted by atomic mass is 79.9. The second-order valence-corrected chi connectivity index (χ2v) is 8.40. The first kappa shape index (κ1) is 23.5. The van der Waals surface area contributed by atoms with Crippen molar-refractivity contribution in [2.75, 3.05) is 7.11 Å². The van der Waals surface area contributed by atoms with Crippen LogP contribution in [0.25, 0.3) is 10.9 Å². The Morgan fingerprint density at radius 2 is 2.00 bits per heavy atom. The summed E-state index contributed by atoms with van der Waals surface area (Å²) < 4.78 is 12.3. The first-order chi connectivity index (χ1) is 15.1. The summed E-state index contributed by atoms with van der Waals surface area (Å²) in [5.41, 5.74) is -0.125. The molecule has 0 bridgehead atoms. The van der Waals surface area contributed by atoms with E-state index in [2.05, 4.69) is 46.7 Å². The third-order valence-electron chi connectivity index (χ3n) is 4.37. The quantitative estimate of drug-likeness (QED) is 0.191. The van der Waals surface area contributed by atoms with Crippen LogP contribution in [0.15, 0.2) is 49.2 Å². The second-order valence-electron chi connectivity index (χ2n) is 6.57. The van der Waals surface area contributed by atoms with Gasteiger partial charge in [0, 0.05) is 20.6 Å². The van der Waals surface area contributed by atoms with Gasteiger partial charge in [-0.1, -0.05) is 31.9 Å². The predicted molar refractivity (Wildman–Crippen MR) is 124 cm³/mol. The molecule has 1 atom stereocenters. The summed E-state index contributed by atoms with van der Waals surface area (Å²) in [4.78, 5) is 40.0.